The fraction of sp³-hybridized carbons (Fsp3) is 0.524. The Kier molecular flexibility index (Phi) is 5.94. The van der Waals surface area contributed by atoms with Crippen LogP contribution in [0.4, 0.5) is 13.2 Å². The second kappa shape index (κ2) is 8.51. The summed E-state index contributed by atoms with van der Waals surface area (Å²) in [7, 11) is 1.77. The van der Waals surface area contributed by atoms with Crippen LogP contribution in [0.1, 0.15) is 41.7 Å². The summed E-state index contributed by atoms with van der Waals surface area (Å²) in [4.78, 5) is 19.1. The van der Waals surface area contributed by atoms with Crippen LogP contribution in [0.25, 0.3) is 0 Å². The van der Waals surface area contributed by atoms with Crippen LogP contribution in [-0.2, 0) is 23.1 Å². The Morgan fingerprint density at radius 1 is 1.29 bits per heavy atom. The summed E-state index contributed by atoms with van der Waals surface area (Å²) < 4.78 is 55.1. The minimum Gasteiger partial charge on any atom is -0.406 e. The minimum absolute atomic E-state index is 0.111. The average Bonchev–Trinajstić information content (AvgIpc) is 3.35. The standard InChI is InChI=1S/C21H24F3N3O4/c1-26-13-18(25-14-26)19(28)27(16-5-7-20(8-6-16)29-9-10-30-20)12-15-3-2-4-17(11-15)31-21(22,23)24/h2-4,11,13-14,16H,5-10,12H2,1H3. The SMILES string of the molecule is Cn1cnc(C(=O)N(Cc2cccc(OC(F)(F)F)c2)C2CCC3(CC2)OCCO3)c1. The number of carbonyl (C=O) groups excluding carboxylic acids is 1. The number of ether oxygens (including phenoxy) is 3. The zero-order valence-corrected chi connectivity index (χ0v) is 17.1. The van der Waals surface area contributed by atoms with Gasteiger partial charge in [0.05, 0.1) is 19.5 Å². The summed E-state index contributed by atoms with van der Waals surface area (Å²) in [6, 6.07) is 5.59. The van der Waals surface area contributed by atoms with Gasteiger partial charge >= 0.3 is 6.36 Å². The Bertz CT molecular complexity index is 915. The number of carbonyl (C=O) groups is 1. The predicted molar refractivity (Wildman–Crippen MR) is 103 cm³/mol. The second-order valence-corrected chi connectivity index (χ2v) is 7.89. The van der Waals surface area contributed by atoms with Gasteiger partial charge in [0, 0.05) is 38.7 Å². The molecule has 0 atom stereocenters. The lowest BCUT2D eigenvalue weighted by atomic mass is 9.88. The van der Waals surface area contributed by atoms with Crippen molar-refractivity contribution in [3.63, 3.8) is 0 Å². The molecule has 2 aliphatic rings. The van der Waals surface area contributed by atoms with E-state index in [1.165, 1.54) is 18.2 Å². The summed E-state index contributed by atoms with van der Waals surface area (Å²) in [6.07, 6.45) is 1.03. The summed E-state index contributed by atoms with van der Waals surface area (Å²) in [6.45, 7) is 1.27. The largest absolute Gasteiger partial charge is 0.573 e. The zero-order valence-electron chi connectivity index (χ0n) is 17.1. The first-order valence-electron chi connectivity index (χ1n) is 10.1. The van der Waals surface area contributed by atoms with E-state index in [1.54, 1.807) is 35.1 Å². The van der Waals surface area contributed by atoms with Crippen LogP contribution >= 0.6 is 0 Å². The minimum atomic E-state index is -4.78. The maximum atomic E-state index is 13.3. The maximum absolute atomic E-state index is 13.3. The fourth-order valence-corrected chi connectivity index (χ4v) is 4.21. The molecule has 0 radical (unpaired) electrons. The predicted octanol–water partition coefficient (Wildman–Crippen LogP) is 3.65. The zero-order chi connectivity index (χ0) is 22.1. The van der Waals surface area contributed by atoms with Gasteiger partial charge in [-0.3, -0.25) is 4.79 Å². The molecule has 4 rings (SSSR count). The smallest absolute Gasteiger partial charge is 0.406 e. The van der Waals surface area contributed by atoms with Crippen molar-refractivity contribution in [1.82, 2.24) is 14.5 Å². The van der Waals surface area contributed by atoms with Gasteiger partial charge in [0.25, 0.3) is 5.91 Å². The molecule has 10 heteroatoms. The number of amides is 1. The van der Waals surface area contributed by atoms with Gasteiger partial charge in [-0.2, -0.15) is 0 Å². The molecule has 1 aliphatic heterocycles. The number of aromatic nitrogens is 2. The Labute approximate surface area is 177 Å². The van der Waals surface area contributed by atoms with Gasteiger partial charge in [-0.05, 0) is 30.5 Å². The molecular formula is C21H24F3N3O4. The summed E-state index contributed by atoms with van der Waals surface area (Å²) in [5.74, 6) is -1.15. The molecule has 31 heavy (non-hydrogen) atoms. The lowest BCUT2D eigenvalue weighted by molar-refractivity contribution is -0.274. The first-order chi connectivity index (χ1) is 14.7. The highest BCUT2D eigenvalue weighted by molar-refractivity contribution is 5.92. The summed E-state index contributed by atoms with van der Waals surface area (Å²) in [5.41, 5.74) is 0.832. The third-order valence-corrected chi connectivity index (χ3v) is 5.64. The first kappa shape index (κ1) is 21.6. The van der Waals surface area contributed by atoms with E-state index in [0.29, 0.717) is 50.2 Å². The quantitative estimate of drug-likeness (QED) is 0.712. The van der Waals surface area contributed by atoms with Crippen molar-refractivity contribution in [2.24, 2.45) is 7.05 Å². The van der Waals surface area contributed by atoms with Gasteiger partial charge in [0.1, 0.15) is 11.4 Å². The molecule has 2 fully saturated rings. The Morgan fingerprint density at radius 3 is 2.61 bits per heavy atom. The highest BCUT2D eigenvalue weighted by Crippen LogP contribution is 2.38. The molecule has 2 heterocycles. The van der Waals surface area contributed by atoms with E-state index in [1.807, 2.05) is 0 Å². The van der Waals surface area contributed by atoms with E-state index in [9.17, 15) is 18.0 Å². The third-order valence-electron chi connectivity index (χ3n) is 5.64. The summed E-state index contributed by atoms with van der Waals surface area (Å²) >= 11 is 0. The lowest BCUT2D eigenvalue weighted by Crippen LogP contribution is -2.46. The van der Waals surface area contributed by atoms with E-state index in [2.05, 4.69) is 9.72 Å². The molecule has 0 bridgehead atoms. The molecule has 1 saturated carbocycles. The van der Waals surface area contributed by atoms with Crippen LogP contribution in [0.15, 0.2) is 36.8 Å². The molecule has 1 saturated heterocycles. The van der Waals surface area contributed by atoms with Gasteiger partial charge in [0.2, 0.25) is 0 Å². The van der Waals surface area contributed by atoms with Gasteiger partial charge in [-0.15, -0.1) is 13.2 Å². The number of alkyl halides is 3. The lowest BCUT2D eigenvalue weighted by Gasteiger charge is -2.40. The van der Waals surface area contributed by atoms with Crippen LogP contribution in [0.5, 0.6) is 5.75 Å². The molecule has 2 aromatic rings. The van der Waals surface area contributed by atoms with Crippen LogP contribution in [0, 0.1) is 0 Å². The van der Waals surface area contributed by atoms with Crippen molar-refractivity contribution < 1.29 is 32.2 Å². The number of aryl methyl sites for hydroxylation is 1. The maximum Gasteiger partial charge on any atom is 0.573 e. The van der Waals surface area contributed by atoms with Gasteiger partial charge in [0.15, 0.2) is 5.79 Å². The van der Waals surface area contributed by atoms with Gasteiger partial charge in [-0.1, -0.05) is 12.1 Å². The number of imidazole rings is 1. The molecule has 1 aromatic heterocycles. The van der Waals surface area contributed by atoms with Gasteiger partial charge < -0.3 is 23.7 Å². The number of nitrogens with zero attached hydrogens (tertiary/aromatic N) is 3. The first-order valence-corrected chi connectivity index (χ1v) is 10.1. The number of hydrogen-bond acceptors (Lipinski definition) is 5. The molecular weight excluding hydrogens is 415 g/mol. The van der Waals surface area contributed by atoms with E-state index in [4.69, 9.17) is 9.47 Å². The van der Waals surface area contributed by atoms with E-state index >= 15 is 0 Å². The van der Waals surface area contributed by atoms with Crippen molar-refractivity contribution in [2.75, 3.05) is 13.2 Å². The van der Waals surface area contributed by atoms with E-state index in [0.717, 1.165) is 0 Å². The van der Waals surface area contributed by atoms with Crippen molar-refractivity contribution in [3.8, 4) is 5.75 Å². The van der Waals surface area contributed by atoms with Crippen molar-refractivity contribution in [2.45, 2.75) is 50.4 Å². The normalized spacial score (nSPS) is 19.0. The van der Waals surface area contributed by atoms with Crippen molar-refractivity contribution in [3.05, 3.63) is 48.0 Å². The third kappa shape index (κ3) is 5.19. The number of halogens is 3. The monoisotopic (exact) mass is 439 g/mol. The van der Waals surface area contributed by atoms with E-state index < -0.39 is 12.1 Å². The van der Waals surface area contributed by atoms with Crippen molar-refractivity contribution in [1.29, 1.82) is 0 Å². The number of hydrogen-bond donors (Lipinski definition) is 0. The molecule has 1 spiro atoms. The molecule has 0 unspecified atom stereocenters. The van der Waals surface area contributed by atoms with Gasteiger partial charge in [-0.25, -0.2) is 4.98 Å². The topological polar surface area (TPSA) is 65.8 Å². The Balaban J connectivity index is 1.54. The molecule has 1 aromatic carbocycles. The van der Waals surface area contributed by atoms with Crippen LogP contribution in [-0.4, -0.2) is 51.8 Å². The Morgan fingerprint density at radius 2 is 2.00 bits per heavy atom. The average molecular weight is 439 g/mol. The van der Waals surface area contributed by atoms with Crippen LogP contribution < -0.4 is 4.74 Å². The number of benzene rings is 1. The van der Waals surface area contributed by atoms with E-state index in [-0.39, 0.29) is 24.2 Å². The molecule has 168 valence electrons. The fourth-order valence-electron chi connectivity index (χ4n) is 4.21. The second-order valence-electron chi connectivity index (χ2n) is 7.89. The highest BCUT2D eigenvalue weighted by Gasteiger charge is 2.42. The van der Waals surface area contributed by atoms with Crippen LogP contribution in [0.2, 0.25) is 0 Å². The van der Waals surface area contributed by atoms with Crippen molar-refractivity contribution >= 4 is 5.91 Å². The Hall–Kier alpha value is -2.59. The molecule has 1 aliphatic carbocycles. The number of rotatable bonds is 5. The molecule has 1 amide bonds. The molecule has 0 N–H and O–H groups in total. The van der Waals surface area contributed by atoms with Crippen LogP contribution in [0.3, 0.4) is 0 Å². The molecule has 7 nitrogen and oxygen atoms in total. The highest BCUT2D eigenvalue weighted by atomic mass is 19.4. The summed E-state index contributed by atoms with van der Waals surface area (Å²) in [5, 5.41) is 0.